The molecule has 5 heteroatoms. The summed E-state index contributed by atoms with van der Waals surface area (Å²) in [4.78, 5) is 17.3. The van der Waals surface area contributed by atoms with Crippen LogP contribution in [0.2, 0.25) is 0 Å². The summed E-state index contributed by atoms with van der Waals surface area (Å²) in [6, 6.07) is 23.4. The van der Waals surface area contributed by atoms with Crippen LogP contribution < -0.4 is 0 Å². The summed E-state index contributed by atoms with van der Waals surface area (Å²) >= 11 is 0. The van der Waals surface area contributed by atoms with Gasteiger partial charge in [-0.1, -0.05) is 60.7 Å². The minimum atomic E-state index is 0.0452. The number of nitrogens with one attached hydrogen (secondary N) is 1. The summed E-state index contributed by atoms with van der Waals surface area (Å²) in [5.74, 6) is 0.627. The van der Waals surface area contributed by atoms with Crippen LogP contribution in [0.4, 0.5) is 0 Å². The summed E-state index contributed by atoms with van der Waals surface area (Å²) in [7, 11) is 0. The van der Waals surface area contributed by atoms with E-state index < -0.39 is 0 Å². The van der Waals surface area contributed by atoms with Crippen molar-refractivity contribution in [2.45, 2.75) is 24.8 Å². The third-order valence-corrected chi connectivity index (χ3v) is 6.03. The van der Waals surface area contributed by atoms with Crippen molar-refractivity contribution in [3.05, 3.63) is 89.2 Å². The maximum atomic E-state index is 12.9. The molecule has 2 aliphatic rings. The molecule has 1 amide bonds. The fourth-order valence-corrected chi connectivity index (χ4v) is 4.28. The topological polar surface area (TPSA) is 52.2 Å². The van der Waals surface area contributed by atoms with Crippen molar-refractivity contribution in [1.82, 2.24) is 20.0 Å². The number of carbonyl (C=O) groups excluding carboxylic acids is 1. The van der Waals surface area contributed by atoms with Crippen LogP contribution in [0.25, 0.3) is 0 Å². The average Bonchev–Trinajstić information content (AvgIpc) is 3.52. The van der Waals surface area contributed by atoms with Gasteiger partial charge < -0.3 is 4.90 Å². The van der Waals surface area contributed by atoms with E-state index in [4.69, 9.17) is 0 Å². The first kappa shape index (κ1) is 18.1. The van der Waals surface area contributed by atoms with Crippen molar-refractivity contribution < 1.29 is 4.79 Å². The molecular weight excluding hydrogens is 360 g/mol. The number of piperazine rings is 1. The van der Waals surface area contributed by atoms with Crippen LogP contribution >= 0.6 is 0 Å². The molecule has 1 saturated heterocycles. The molecule has 2 aromatic carbocycles. The van der Waals surface area contributed by atoms with Gasteiger partial charge in [-0.15, -0.1) is 0 Å². The molecule has 0 spiro atoms. The van der Waals surface area contributed by atoms with E-state index in [9.17, 15) is 4.79 Å². The Morgan fingerprint density at radius 2 is 1.48 bits per heavy atom. The van der Waals surface area contributed by atoms with E-state index in [2.05, 4.69) is 75.8 Å². The van der Waals surface area contributed by atoms with E-state index in [1.165, 1.54) is 24.0 Å². The zero-order valence-corrected chi connectivity index (χ0v) is 16.5. The first-order chi connectivity index (χ1) is 14.3. The molecule has 1 aliphatic heterocycles. The minimum Gasteiger partial charge on any atom is -0.335 e. The second kappa shape index (κ2) is 7.84. The molecule has 1 saturated carbocycles. The predicted octanol–water partition coefficient (Wildman–Crippen LogP) is 3.83. The third-order valence-electron chi connectivity index (χ3n) is 6.03. The van der Waals surface area contributed by atoms with Gasteiger partial charge in [0.1, 0.15) is 5.69 Å². The first-order valence-electron chi connectivity index (χ1n) is 10.5. The highest BCUT2D eigenvalue weighted by Gasteiger charge is 2.31. The smallest absolute Gasteiger partial charge is 0.274 e. The van der Waals surface area contributed by atoms with E-state index in [1.807, 2.05) is 11.0 Å². The lowest BCUT2D eigenvalue weighted by Crippen LogP contribution is -2.50. The molecule has 1 aliphatic carbocycles. The lowest BCUT2D eigenvalue weighted by Gasteiger charge is -2.39. The molecule has 1 aromatic heterocycles. The Morgan fingerprint density at radius 3 is 2.03 bits per heavy atom. The molecular formula is C24H26N4O. The second-order valence-electron chi connectivity index (χ2n) is 8.03. The molecule has 3 aromatic rings. The number of aromatic amines is 1. The number of H-pyrrole nitrogens is 1. The van der Waals surface area contributed by atoms with Gasteiger partial charge in [0.25, 0.3) is 5.91 Å². The molecule has 2 fully saturated rings. The largest absolute Gasteiger partial charge is 0.335 e. The van der Waals surface area contributed by atoms with Crippen molar-refractivity contribution in [2.24, 2.45) is 0 Å². The lowest BCUT2D eigenvalue weighted by molar-refractivity contribution is 0.0592. The average molecular weight is 386 g/mol. The SMILES string of the molecule is O=C(c1cc(C2CC2)[nH]n1)N1CCN(C(c2ccccc2)c2ccccc2)CC1. The Hall–Kier alpha value is -2.92. The summed E-state index contributed by atoms with van der Waals surface area (Å²) in [6.45, 7) is 3.14. The number of benzene rings is 2. The number of carbonyl (C=O) groups is 1. The van der Waals surface area contributed by atoms with Gasteiger partial charge in [-0.2, -0.15) is 5.10 Å². The highest BCUT2D eigenvalue weighted by molar-refractivity contribution is 5.92. The van der Waals surface area contributed by atoms with Crippen LogP contribution in [-0.2, 0) is 0 Å². The van der Waals surface area contributed by atoms with Gasteiger partial charge in [-0.05, 0) is 30.0 Å². The molecule has 0 atom stereocenters. The van der Waals surface area contributed by atoms with Crippen molar-refractivity contribution in [3.8, 4) is 0 Å². The molecule has 5 nitrogen and oxygen atoms in total. The zero-order valence-electron chi connectivity index (χ0n) is 16.5. The van der Waals surface area contributed by atoms with Crippen molar-refractivity contribution in [2.75, 3.05) is 26.2 Å². The van der Waals surface area contributed by atoms with Crippen LogP contribution in [0.5, 0.6) is 0 Å². The lowest BCUT2D eigenvalue weighted by atomic mass is 9.96. The molecule has 5 rings (SSSR count). The maximum absolute atomic E-state index is 12.9. The summed E-state index contributed by atoms with van der Waals surface area (Å²) in [6.07, 6.45) is 2.41. The van der Waals surface area contributed by atoms with Crippen LogP contribution in [0.3, 0.4) is 0 Å². The van der Waals surface area contributed by atoms with E-state index in [0.717, 1.165) is 31.9 Å². The van der Waals surface area contributed by atoms with Gasteiger partial charge in [0.05, 0.1) is 6.04 Å². The fourth-order valence-electron chi connectivity index (χ4n) is 4.28. The Kier molecular flexibility index (Phi) is 4.90. The third kappa shape index (κ3) is 3.83. The molecule has 148 valence electrons. The quantitative estimate of drug-likeness (QED) is 0.725. The zero-order chi connectivity index (χ0) is 19.6. The second-order valence-corrected chi connectivity index (χ2v) is 8.03. The van der Waals surface area contributed by atoms with Crippen LogP contribution in [-0.4, -0.2) is 52.1 Å². The van der Waals surface area contributed by atoms with Gasteiger partial charge in [0, 0.05) is 37.8 Å². The van der Waals surface area contributed by atoms with Crippen molar-refractivity contribution in [3.63, 3.8) is 0 Å². The minimum absolute atomic E-state index is 0.0452. The van der Waals surface area contributed by atoms with E-state index in [0.29, 0.717) is 11.6 Å². The van der Waals surface area contributed by atoms with Gasteiger partial charge in [-0.25, -0.2) is 0 Å². The molecule has 0 radical (unpaired) electrons. The number of amides is 1. The number of rotatable bonds is 5. The van der Waals surface area contributed by atoms with E-state index in [-0.39, 0.29) is 11.9 Å². The molecule has 2 heterocycles. The summed E-state index contributed by atoms with van der Waals surface area (Å²) in [5.41, 5.74) is 4.25. The van der Waals surface area contributed by atoms with Crippen LogP contribution in [0.15, 0.2) is 66.7 Å². The number of hydrogen-bond acceptors (Lipinski definition) is 3. The summed E-state index contributed by atoms with van der Waals surface area (Å²) < 4.78 is 0. The summed E-state index contributed by atoms with van der Waals surface area (Å²) in [5, 5.41) is 7.32. The monoisotopic (exact) mass is 386 g/mol. The van der Waals surface area contributed by atoms with Crippen molar-refractivity contribution in [1.29, 1.82) is 0 Å². The first-order valence-corrected chi connectivity index (χ1v) is 10.5. The highest BCUT2D eigenvalue weighted by atomic mass is 16.2. The van der Waals surface area contributed by atoms with E-state index in [1.54, 1.807) is 0 Å². The number of nitrogens with zero attached hydrogens (tertiary/aromatic N) is 3. The van der Waals surface area contributed by atoms with Gasteiger partial charge >= 0.3 is 0 Å². The Labute approximate surface area is 171 Å². The van der Waals surface area contributed by atoms with Crippen molar-refractivity contribution >= 4 is 5.91 Å². The maximum Gasteiger partial charge on any atom is 0.274 e. The molecule has 29 heavy (non-hydrogen) atoms. The van der Waals surface area contributed by atoms with Gasteiger partial charge in [0.15, 0.2) is 0 Å². The highest BCUT2D eigenvalue weighted by Crippen LogP contribution is 2.39. The van der Waals surface area contributed by atoms with Gasteiger partial charge in [-0.3, -0.25) is 14.8 Å². The molecule has 0 unspecified atom stereocenters. The molecule has 0 bridgehead atoms. The van der Waals surface area contributed by atoms with Crippen LogP contribution in [0, 0.1) is 0 Å². The Bertz CT molecular complexity index is 917. The Balaban J connectivity index is 1.30. The molecule has 1 N–H and O–H groups in total. The van der Waals surface area contributed by atoms with Gasteiger partial charge in [0.2, 0.25) is 0 Å². The Morgan fingerprint density at radius 1 is 0.897 bits per heavy atom. The fraction of sp³-hybridized carbons (Fsp3) is 0.333. The van der Waals surface area contributed by atoms with Crippen LogP contribution in [0.1, 0.15) is 52.1 Å². The predicted molar refractivity (Wildman–Crippen MR) is 113 cm³/mol. The number of hydrogen-bond donors (Lipinski definition) is 1. The normalized spacial score (nSPS) is 17.6. The van der Waals surface area contributed by atoms with E-state index >= 15 is 0 Å². The standard InChI is InChI=1S/C24H26N4O/c29-24(22-17-21(25-26-22)18-11-12-18)28-15-13-27(14-16-28)23(19-7-3-1-4-8-19)20-9-5-2-6-10-20/h1-10,17-18,23H,11-16H2,(H,25,26). The number of aromatic nitrogens is 2.